The maximum Gasteiger partial charge on any atom is 0.232 e. The highest BCUT2D eigenvalue weighted by Gasteiger charge is 2.20. The molecule has 1 aliphatic heterocycles. The van der Waals surface area contributed by atoms with Gasteiger partial charge in [-0.25, -0.2) is 4.98 Å². The Bertz CT molecular complexity index is 766. The molecule has 0 bridgehead atoms. The topological polar surface area (TPSA) is 60.9 Å². The molecule has 3 rings (SSSR count). The third-order valence-electron chi connectivity index (χ3n) is 3.67. The van der Waals surface area contributed by atoms with E-state index < -0.39 is 0 Å². The standard InChI is InChI=1S/C17H17ClN2O4/c1-20(17-13(22-2)4-3-5-19-17)15(21)10-11-8-12(18)16-14(9-11)23-6-7-24-16/h3-5,8-9H,6-7,10H2,1-2H3. The van der Waals surface area contributed by atoms with Gasteiger partial charge in [-0.1, -0.05) is 11.6 Å². The zero-order chi connectivity index (χ0) is 17.1. The van der Waals surface area contributed by atoms with Gasteiger partial charge >= 0.3 is 0 Å². The number of hydrogen-bond donors (Lipinski definition) is 0. The Morgan fingerprint density at radius 2 is 2.17 bits per heavy atom. The number of ether oxygens (including phenoxy) is 3. The van der Waals surface area contributed by atoms with E-state index >= 15 is 0 Å². The summed E-state index contributed by atoms with van der Waals surface area (Å²) < 4.78 is 16.3. The summed E-state index contributed by atoms with van der Waals surface area (Å²) in [6, 6.07) is 7.01. The van der Waals surface area contributed by atoms with Crippen molar-refractivity contribution in [3.63, 3.8) is 0 Å². The lowest BCUT2D eigenvalue weighted by Gasteiger charge is -2.21. The van der Waals surface area contributed by atoms with Crippen LogP contribution >= 0.6 is 11.6 Å². The van der Waals surface area contributed by atoms with Crippen molar-refractivity contribution in [2.45, 2.75) is 6.42 Å². The molecule has 0 N–H and O–H groups in total. The summed E-state index contributed by atoms with van der Waals surface area (Å²) in [6.07, 6.45) is 1.77. The maximum atomic E-state index is 12.6. The lowest BCUT2D eigenvalue weighted by Crippen LogP contribution is -2.29. The van der Waals surface area contributed by atoms with Crippen LogP contribution < -0.4 is 19.1 Å². The highest BCUT2D eigenvalue weighted by molar-refractivity contribution is 6.32. The van der Waals surface area contributed by atoms with Gasteiger partial charge in [-0.2, -0.15) is 0 Å². The number of pyridine rings is 1. The zero-order valence-corrected chi connectivity index (χ0v) is 14.2. The molecule has 0 fully saturated rings. The van der Waals surface area contributed by atoms with E-state index in [-0.39, 0.29) is 12.3 Å². The molecule has 126 valence electrons. The number of anilines is 1. The highest BCUT2D eigenvalue weighted by Crippen LogP contribution is 2.38. The molecule has 7 heteroatoms. The van der Waals surface area contributed by atoms with E-state index in [0.717, 1.165) is 5.56 Å². The largest absolute Gasteiger partial charge is 0.493 e. The molecule has 6 nitrogen and oxygen atoms in total. The summed E-state index contributed by atoms with van der Waals surface area (Å²) in [4.78, 5) is 18.2. The highest BCUT2D eigenvalue weighted by atomic mass is 35.5. The number of carbonyl (C=O) groups is 1. The molecule has 0 radical (unpaired) electrons. The molecular weight excluding hydrogens is 332 g/mol. The van der Waals surface area contributed by atoms with Crippen molar-refractivity contribution in [2.75, 3.05) is 32.3 Å². The summed E-state index contributed by atoms with van der Waals surface area (Å²) in [5, 5.41) is 0.438. The second kappa shape index (κ2) is 6.97. The third kappa shape index (κ3) is 3.23. The maximum absolute atomic E-state index is 12.6. The van der Waals surface area contributed by atoms with Crippen LogP contribution in [0.2, 0.25) is 5.02 Å². The summed E-state index contributed by atoms with van der Waals surface area (Å²) in [5.74, 6) is 1.95. The fourth-order valence-electron chi connectivity index (χ4n) is 2.47. The molecular formula is C17H17ClN2O4. The number of carbonyl (C=O) groups excluding carboxylic acids is 1. The van der Waals surface area contributed by atoms with Crippen LogP contribution in [0, 0.1) is 0 Å². The number of methoxy groups -OCH3 is 1. The van der Waals surface area contributed by atoms with Crippen LogP contribution in [0.25, 0.3) is 0 Å². The van der Waals surface area contributed by atoms with E-state index in [9.17, 15) is 4.79 Å². The van der Waals surface area contributed by atoms with Gasteiger partial charge in [-0.3, -0.25) is 9.69 Å². The third-order valence-corrected chi connectivity index (χ3v) is 3.96. The Labute approximate surface area is 144 Å². The second-order valence-corrected chi connectivity index (χ2v) is 5.67. The first-order chi connectivity index (χ1) is 11.6. The first kappa shape index (κ1) is 16.4. The minimum absolute atomic E-state index is 0.139. The second-order valence-electron chi connectivity index (χ2n) is 5.26. The average molecular weight is 349 g/mol. The normalized spacial score (nSPS) is 12.6. The Hall–Kier alpha value is -2.47. The van der Waals surface area contributed by atoms with Crippen LogP contribution in [-0.2, 0) is 11.2 Å². The lowest BCUT2D eigenvalue weighted by atomic mass is 10.1. The quantitative estimate of drug-likeness (QED) is 0.850. The van der Waals surface area contributed by atoms with Gasteiger partial charge in [0.05, 0.1) is 18.6 Å². The molecule has 0 aliphatic carbocycles. The summed E-state index contributed by atoms with van der Waals surface area (Å²) in [5.41, 5.74) is 0.746. The van der Waals surface area contributed by atoms with Gasteiger partial charge in [0, 0.05) is 13.2 Å². The molecule has 2 heterocycles. The van der Waals surface area contributed by atoms with Crippen molar-refractivity contribution >= 4 is 23.3 Å². The van der Waals surface area contributed by atoms with Crippen LogP contribution in [0.1, 0.15) is 5.56 Å². The molecule has 0 atom stereocenters. The van der Waals surface area contributed by atoms with Gasteiger partial charge in [0.2, 0.25) is 5.91 Å². The first-order valence-electron chi connectivity index (χ1n) is 7.43. The van der Waals surface area contributed by atoms with Crippen molar-refractivity contribution in [3.8, 4) is 17.2 Å². The van der Waals surface area contributed by atoms with Gasteiger partial charge in [-0.05, 0) is 29.8 Å². The summed E-state index contributed by atoms with van der Waals surface area (Å²) >= 11 is 6.21. The van der Waals surface area contributed by atoms with E-state index in [1.807, 2.05) is 0 Å². The summed E-state index contributed by atoms with van der Waals surface area (Å²) in [7, 11) is 3.20. The Kier molecular flexibility index (Phi) is 4.76. The average Bonchev–Trinajstić information content (AvgIpc) is 2.61. The predicted molar refractivity (Wildman–Crippen MR) is 90.3 cm³/mol. The van der Waals surface area contributed by atoms with Crippen LogP contribution in [-0.4, -0.2) is 38.3 Å². The number of rotatable bonds is 4. The Balaban J connectivity index is 1.81. The number of amides is 1. The molecule has 0 spiro atoms. The minimum atomic E-state index is -0.139. The van der Waals surface area contributed by atoms with E-state index in [1.165, 1.54) is 4.90 Å². The first-order valence-corrected chi connectivity index (χ1v) is 7.81. The number of likely N-dealkylation sites (N-methyl/N-ethyl adjacent to an activating group) is 1. The van der Waals surface area contributed by atoms with Crippen LogP contribution in [0.15, 0.2) is 30.5 Å². The minimum Gasteiger partial charge on any atom is -0.493 e. The molecule has 0 saturated heterocycles. The van der Waals surface area contributed by atoms with Crippen LogP contribution in [0.4, 0.5) is 5.82 Å². The molecule has 1 aliphatic rings. The van der Waals surface area contributed by atoms with Gasteiger partial charge in [-0.15, -0.1) is 0 Å². The number of fused-ring (bicyclic) bond motifs is 1. The van der Waals surface area contributed by atoms with Crippen LogP contribution in [0.3, 0.4) is 0 Å². The fourth-order valence-corrected chi connectivity index (χ4v) is 2.76. The molecule has 2 aromatic rings. The number of halogens is 1. The zero-order valence-electron chi connectivity index (χ0n) is 13.4. The van der Waals surface area contributed by atoms with Crippen molar-refractivity contribution in [1.29, 1.82) is 0 Å². The molecule has 1 aromatic heterocycles. The lowest BCUT2D eigenvalue weighted by molar-refractivity contribution is -0.117. The number of benzene rings is 1. The number of hydrogen-bond acceptors (Lipinski definition) is 5. The van der Waals surface area contributed by atoms with Gasteiger partial charge in [0.1, 0.15) is 13.2 Å². The fraction of sp³-hybridized carbons (Fsp3) is 0.294. The van der Waals surface area contributed by atoms with E-state index in [4.69, 9.17) is 25.8 Å². The van der Waals surface area contributed by atoms with Gasteiger partial charge in [0.15, 0.2) is 23.1 Å². The van der Waals surface area contributed by atoms with Gasteiger partial charge < -0.3 is 14.2 Å². The van der Waals surface area contributed by atoms with Crippen molar-refractivity contribution < 1.29 is 19.0 Å². The monoisotopic (exact) mass is 348 g/mol. The molecule has 1 amide bonds. The Morgan fingerprint density at radius 3 is 2.96 bits per heavy atom. The van der Waals surface area contributed by atoms with E-state index in [2.05, 4.69) is 4.98 Å². The molecule has 0 unspecified atom stereocenters. The van der Waals surface area contributed by atoms with E-state index in [1.54, 1.807) is 44.6 Å². The predicted octanol–water partition coefficient (Wildman–Crippen LogP) is 2.72. The number of aromatic nitrogens is 1. The van der Waals surface area contributed by atoms with Crippen molar-refractivity contribution in [3.05, 3.63) is 41.0 Å². The molecule has 1 aromatic carbocycles. The smallest absolute Gasteiger partial charge is 0.232 e. The Morgan fingerprint density at radius 1 is 1.38 bits per heavy atom. The molecule has 0 saturated carbocycles. The van der Waals surface area contributed by atoms with E-state index in [0.29, 0.717) is 41.3 Å². The van der Waals surface area contributed by atoms with Crippen molar-refractivity contribution in [1.82, 2.24) is 4.98 Å². The van der Waals surface area contributed by atoms with Crippen LogP contribution in [0.5, 0.6) is 17.2 Å². The summed E-state index contributed by atoms with van der Waals surface area (Å²) in [6.45, 7) is 0.930. The molecule has 24 heavy (non-hydrogen) atoms. The number of nitrogens with zero attached hydrogens (tertiary/aromatic N) is 2. The van der Waals surface area contributed by atoms with Gasteiger partial charge in [0.25, 0.3) is 0 Å². The SMILES string of the molecule is COc1cccnc1N(C)C(=O)Cc1cc(Cl)c2c(c1)OCCO2. The van der Waals surface area contributed by atoms with Crippen molar-refractivity contribution in [2.24, 2.45) is 0 Å².